The summed E-state index contributed by atoms with van der Waals surface area (Å²) in [5, 5.41) is 4.89. The van der Waals surface area contributed by atoms with Gasteiger partial charge in [-0.25, -0.2) is 0 Å². The predicted octanol–water partition coefficient (Wildman–Crippen LogP) is 5.09. The highest BCUT2D eigenvalue weighted by atomic mass is 16.5. The van der Waals surface area contributed by atoms with Crippen LogP contribution in [0.5, 0.6) is 5.75 Å². The fourth-order valence-corrected chi connectivity index (χ4v) is 2.61. The predicted molar refractivity (Wildman–Crippen MR) is 108 cm³/mol. The van der Waals surface area contributed by atoms with Gasteiger partial charge in [0.25, 0.3) is 0 Å². The number of amides is 1. The van der Waals surface area contributed by atoms with Gasteiger partial charge in [-0.05, 0) is 35.7 Å². The SMILES string of the molecule is CC(C)(C)C(=O)Nc1ccc(C(=O)COc2cccc3ccccc23)cc1. The third kappa shape index (κ3) is 4.53. The van der Waals surface area contributed by atoms with Crippen molar-refractivity contribution in [3.63, 3.8) is 0 Å². The van der Waals surface area contributed by atoms with E-state index in [0.717, 1.165) is 10.8 Å². The molecule has 0 unspecified atom stereocenters. The van der Waals surface area contributed by atoms with Crippen LogP contribution >= 0.6 is 0 Å². The Morgan fingerprint density at radius 3 is 2.26 bits per heavy atom. The molecule has 4 heteroatoms. The molecule has 0 bridgehead atoms. The normalized spacial score (nSPS) is 11.2. The Kier molecular flexibility index (Phi) is 5.26. The van der Waals surface area contributed by atoms with E-state index < -0.39 is 5.41 Å². The van der Waals surface area contributed by atoms with E-state index in [1.165, 1.54) is 0 Å². The summed E-state index contributed by atoms with van der Waals surface area (Å²) in [5.74, 6) is 0.507. The largest absolute Gasteiger partial charge is 0.485 e. The van der Waals surface area contributed by atoms with E-state index in [1.54, 1.807) is 24.3 Å². The third-order valence-electron chi connectivity index (χ3n) is 4.25. The lowest BCUT2D eigenvalue weighted by Gasteiger charge is -2.17. The number of carbonyl (C=O) groups excluding carboxylic acids is 2. The van der Waals surface area contributed by atoms with Crippen molar-refractivity contribution in [1.82, 2.24) is 0 Å². The highest BCUT2D eigenvalue weighted by molar-refractivity contribution is 5.99. The average molecular weight is 361 g/mol. The Bertz CT molecular complexity index is 964. The standard InChI is InChI=1S/C23H23NO3/c1-23(2,3)22(26)24-18-13-11-17(12-14-18)20(25)15-27-21-10-6-8-16-7-4-5-9-19(16)21/h4-14H,15H2,1-3H3,(H,24,26). The summed E-state index contributed by atoms with van der Waals surface area (Å²) in [6.07, 6.45) is 0. The van der Waals surface area contributed by atoms with Crippen molar-refractivity contribution >= 4 is 28.2 Å². The molecule has 1 amide bonds. The van der Waals surface area contributed by atoms with Crippen molar-refractivity contribution in [2.24, 2.45) is 5.41 Å². The molecule has 0 aliphatic carbocycles. The van der Waals surface area contributed by atoms with Crippen molar-refractivity contribution in [2.45, 2.75) is 20.8 Å². The van der Waals surface area contributed by atoms with E-state index in [9.17, 15) is 9.59 Å². The van der Waals surface area contributed by atoms with Gasteiger partial charge in [-0.2, -0.15) is 0 Å². The second-order valence-electron chi connectivity index (χ2n) is 7.47. The first kappa shape index (κ1) is 18.6. The minimum Gasteiger partial charge on any atom is -0.485 e. The topological polar surface area (TPSA) is 55.4 Å². The molecule has 0 fully saturated rings. The van der Waals surface area contributed by atoms with Crippen LogP contribution < -0.4 is 10.1 Å². The first-order valence-electron chi connectivity index (χ1n) is 8.90. The molecule has 1 N–H and O–H groups in total. The molecule has 0 heterocycles. The molecule has 27 heavy (non-hydrogen) atoms. The average Bonchev–Trinajstić information content (AvgIpc) is 2.66. The Morgan fingerprint density at radius 1 is 0.889 bits per heavy atom. The maximum Gasteiger partial charge on any atom is 0.229 e. The summed E-state index contributed by atoms with van der Waals surface area (Å²) in [6, 6.07) is 20.5. The smallest absolute Gasteiger partial charge is 0.229 e. The van der Waals surface area contributed by atoms with Gasteiger partial charge < -0.3 is 10.1 Å². The molecular weight excluding hydrogens is 338 g/mol. The van der Waals surface area contributed by atoms with Crippen LogP contribution in [0.3, 0.4) is 0 Å². The zero-order valence-electron chi connectivity index (χ0n) is 15.8. The first-order valence-corrected chi connectivity index (χ1v) is 8.90. The second-order valence-corrected chi connectivity index (χ2v) is 7.47. The first-order chi connectivity index (χ1) is 12.8. The lowest BCUT2D eigenvalue weighted by Crippen LogP contribution is -2.27. The number of anilines is 1. The van der Waals surface area contributed by atoms with Crippen molar-refractivity contribution in [3.8, 4) is 5.75 Å². The van der Waals surface area contributed by atoms with E-state index in [4.69, 9.17) is 4.74 Å². The summed E-state index contributed by atoms with van der Waals surface area (Å²) in [7, 11) is 0. The quantitative estimate of drug-likeness (QED) is 0.644. The molecule has 0 aliphatic heterocycles. The summed E-state index contributed by atoms with van der Waals surface area (Å²) in [6.45, 7) is 5.52. The molecule has 0 spiro atoms. The Morgan fingerprint density at radius 2 is 1.56 bits per heavy atom. The molecule has 4 nitrogen and oxygen atoms in total. The number of hydrogen-bond donors (Lipinski definition) is 1. The summed E-state index contributed by atoms with van der Waals surface area (Å²) < 4.78 is 5.76. The molecule has 0 aromatic heterocycles. The van der Waals surface area contributed by atoms with Crippen molar-refractivity contribution in [1.29, 1.82) is 0 Å². The van der Waals surface area contributed by atoms with E-state index in [2.05, 4.69) is 5.32 Å². The summed E-state index contributed by atoms with van der Waals surface area (Å²) >= 11 is 0. The number of fused-ring (bicyclic) bond motifs is 1. The van der Waals surface area contributed by atoms with E-state index in [0.29, 0.717) is 17.0 Å². The number of rotatable bonds is 5. The number of Topliss-reactive ketones (excluding diaryl/α,β-unsaturated/α-hetero) is 1. The summed E-state index contributed by atoms with van der Waals surface area (Å²) in [5.41, 5.74) is 0.742. The number of ether oxygens (including phenoxy) is 1. The maximum absolute atomic E-state index is 12.4. The van der Waals surface area contributed by atoms with Gasteiger partial charge in [-0.3, -0.25) is 9.59 Å². The van der Waals surface area contributed by atoms with Gasteiger partial charge in [0.1, 0.15) is 5.75 Å². The Balaban J connectivity index is 1.65. The van der Waals surface area contributed by atoms with Gasteiger partial charge in [0.15, 0.2) is 12.4 Å². The van der Waals surface area contributed by atoms with E-state index >= 15 is 0 Å². The van der Waals surface area contributed by atoms with Gasteiger partial charge in [0, 0.05) is 22.1 Å². The molecule has 3 aromatic rings. The lowest BCUT2D eigenvalue weighted by atomic mass is 9.95. The molecular formula is C23H23NO3. The number of carbonyl (C=O) groups is 2. The Hall–Kier alpha value is -3.14. The van der Waals surface area contributed by atoms with Gasteiger partial charge in [-0.15, -0.1) is 0 Å². The van der Waals surface area contributed by atoms with Crippen LogP contribution in [-0.4, -0.2) is 18.3 Å². The minimum atomic E-state index is -0.471. The van der Waals surface area contributed by atoms with Crippen LogP contribution in [0.1, 0.15) is 31.1 Å². The fourth-order valence-electron chi connectivity index (χ4n) is 2.61. The molecule has 0 atom stereocenters. The highest BCUT2D eigenvalue weighted by Crippen LogP contribution is 2.25. The monoisotopic (exact) mass is 361 g/mol. The van der Waals surface area contributed by atoms with Gasteiger partial charge in [-0.1, -0.05) is 57.2 Å². The number of hydrogen-bond acceptors (Lipinski definition) is 3. The summed E-state index contributed by atoms with van der Waals surface area (Å²) in [4.78, 5) is 24.5. The number of benzene rings is 3. The van der Waals surface area contributed by atoms with Crippen molar-refractivity contribution < 1.29 is 14.3 Å². The zero-order chi connectivity index (χ0) is 19.4. The lowest BCUT2D eigenvalue weighted by molar-refractivity contribution is -0.123. The highest BCUT2D eigenvalue weighted by Gasteiger charge is 2.21. The molecule has 0 saturated heterocycles. The van der Waals surface area contributed by atoms with Crippen LogP contribution in [-0.2, 0) is 4.79 Å². The second kappa shape index (κ2) is 7.62. The van der Waals surface area contributed by atoms with Crippen LogP contribution in [0.15, 0.2) is 66.7 Å². The number of ketones is 1. The molecule has 0 saturated carbocycles. The van der Waals surface area contributed by atoms with Crippen LogP contribution in [0.2, 0.25) is 0 Å². The zero-order valence-corrected chi connectivity index (χ0v) is 15.8. The minimum absolute atomic E-state index is 0.0400. The van der Waals surface area contributed by atoms with Gasteiger partial charge >= 0.3 is 0 Å². The number of nitrogens with one attached hydrogen (secondary N) is 1. The van der Waals surface area contributed by atoms with Crippen LogP contribution in [0, 0.1) is 5.41 Å². The fraction of sp³-hybridized carbons (Fsp3) is 0.217. The van der Waals surface area contributed by atoms with Crippen molar-refractivity contribution in [3.05, 3.63) is 72.3 Å². The maximum atomic E-state index is 12.4. The third-order valence-corrected chi connectivity index (χ3v) is 4.25. The van der Waals surface area contributed by atoms with Gasteiger partial charge in [0.2, 0.25) is 5.91 Å². The molecule has 0 radical (unpaired) electrons. The molecule has 3 rings (SSSR count). The molecule has 3 aromatic carbocycles. The van der Waals surface area contributed by atoms with Crippen LogP contribution in [0.25, 0.3) is 10.8 Å². The van der Waals surface area contributed by atoms with Gasteiger partial charge in [0.05, 0.1) is 0 Å². The van der Waals surface area contributed by atoms with Crippen LogP contribution in [0.4, 0.5) is 5.69 Å². The van der Waals surface area contributed by atoms with E-state index in [1.807, 2.05) is 63.2 Å². The Labute approximate surface area is 159 Å². The van der Waals surface area contributed by atoms with Crippen molar-refractivity contribution in [2.75, 3.05) is 11.9 Å². The van der Waals surface area contributed by atoms with E-state index in [-0.39, 0.29) is 18.3 Å². The molecule has 0 aliphatic rings. The molecule has 138 valence electrons.